The standard InChI is InChI=1S/C20H26ClFN2O3/c1-14(25)11-23-8-9-24-12-15-6-7-19(20(10-15)26-2)27-13-16-17(21)4-3-5-18(16)22/h3-7,10,14,23-25H,8-9,11-13H2,1-2H3. The van der Waals surface area contributed by atoms with Crippen molar-refractivity contribution in [2.24, 2.45) is 0 Å². The SMILES string of the molecule is COc1cc(CNCCNCC(C)O)ccc1OCc1c(F)cccc1Cl. The Morgan fingerprint density at radius 2 is 1.93 bits per heavy atom. The number of benzene rings is 2. The molecule has 0 fully saturated rings. The van der Waals surface area contributed by atoms with Crippen LogP contribution in [0.4, 0.5) is 4.39 Å². The summed E-state index contributed by atoms with van der Waals surface area (Å²) in [7, 11) is 1.56. The van der Waals surface area contributed by atoms with Crippen molar-refractivity contribution in [2.45, 2.75) is 26.2 Å². The quantitative estimate of drug-likeness (QED) is 0.509. The van der Waals surface area contributed by atoms with Crippen LogP contribution in [0.5, 0.6) is 11.5 Å². The van der Waals surface area contributed by atoms with Gasteiger partial charge >= 0.3 is 0 Å². The minimum atomic E-state index is -0.397. The van der Waals surface area contributed by atoms with Gasteiger partial charge in [-0.25, -0.2) is 4.39 Å². The molecule has 0 bridgehead atoms. The Morgan fingerprint density at radius 3 is 2.63 bits per heavy atom. The smallest absolute Gasteiger partial charge is 0.161 e. The number of halogens is 2. The first-order chi connectivity index (χ1) is 13.0. The number of nitrogens with one attached hydrogen (secondary N) is 2. The van der Waals surface area contributed by atoms with Crippen molar-refractivity contribution in [3.63, 3.8) is 0 Å². The zero-order valence-corrected chi connectivity index (χ0v) is 16.4. The van der Waals surface area contributed by atoms with Crippen LogP contribution in [0, 0.1) is 5.82 Å². The minimum absolute atomic E-state index is 0.0222. The zero-order chi connectivity index (χ0) is 19.6. The maximum Gasteiger partial charge on any atom is 0.161 e. The molecule has 0 aliphatic rings. The summed E-state index contributed by atoms with van der Waals surface area (Å²) < 4.78 is 24.9. The molecule has 2 aromatic carbocycles. The van der Waals surface area contributed by atoms with Gasteiger partial charge in [-0.2, -0.15) is 0 Å². The molecule has 2 rings (SSSR count). The maximum atomic E-state index is 13.8. The van der Waals surface area contributed by atoms with E-state index in [-0.39, 0.29) is 12.7 Å². The Balaban J connectivity index is 1.88. The Hall–Kier alpha value is -1.86. The lowest BCUT2D eigenvalue weighted by Gasteiger charge is -2.14. The summed E-state index contributed by atoms with van der Waals surface area (Å²) in [5.74, 6) is 0.708. The third-order valence-corrected chi connectivity index (χ3v) is 4.26. The van der Waals surface area contributed by atoms with Crippen LogP contribution in [0.1, 0.15) is 18.1 Å². The molecule has 3 N–H and O–H groups in total. The van der Waals surface area contributed by atoms with Crippen molar-refractivity contribution in [2.75, 3.05) is 26.7 Å². The van der Waals surface area contributed by atoms with E-state index >= 15 is 0 Å². The first-order valence-electron chi connectivity index (χ1n) is 8.83. The van der Waals surface area contributed by atoms with Crippen molar-refractivity contribution >= 4 is 11.6 Å². The van der Waals surface area contributed by atoms with Crippen molar-refractivity contribution in [3.8, 4) is 11.5 Å². The fourth-order valence-corrected chi connectivity index (χ4v) is 2.70. The number of methoxy groups -OCH3 is 1. The van der Waals surface area contributed by atoms with Gasteiger partial charge in [0.25, 0.3) is 0 Å². The molecule has 0 aliphatic heterocycles. The Bertz CT molecular complexity index is 708. The highest BCUT2D eigenvalue weighted by Gasteiger charge is 2.11. The van der Waals surface area contributed by atoms with E-state index in [1.165, 1.54) is 6.07 Å². The van der Waals surface area contributed by atoms with Crippen LogP contribution in [-0.4, -0.2) is 38.0 Å². The molecular weight excluding hydrogens is 371 g/mol. The van der Waals surface area contributed by atoms with E-state index in [4.69, 9.17) is 21.1 Å². The monoisotopic (exact) mass is 396 g/mol. The van der Waals surface area contributed by atoms with Crippen molar-refractivity contribution in [1.82, 2.24) is 10.6 Å². The van der Waals surface area contributed by atoms with Gasteiger partial charge in [-0.3, -0.25) is 0 Å². The second-order valence-electron chi connectivity index (χ2n) is 6.20. The highest BCUT2D eigenvalue weighted by atomic mass is 35.5. The van der Waals surface area contributed by atoms with Crippen molar-refractivity contribution in [1.29, 1.82) is 0 Å². The molecule has 0 saturated heterocycles. The van der Waals surface area contributed by atoms with Crippen LogP contribution in [0.3, 0.4) is 0 Å². The topological polar surface area (TPSA) is 62.8 Å². The Morgan fingerprint density at radius 1 is 1.15 bits per heavy atom. The van der Waals surface area contributed by atoms with Gasteiger partial charge in [0, 0.05) is 31.7 Å². The number of aliphatic hydroxyl groups excluding tert-OH is 1. The molecule has 0 aliphatic carbocycles. The highest BCUT2D eigenvalue weighted by molar-refractivity contribution is 6.31. The number of ether oxygens (including phenoxy) is 2. The summed E-state index contributed by atoms with van der Waals surface area (Å²) in [4.78, 5) is 0. The molecule has 27 heavy (non-hydrogen) atoms. The lowest BCUT2D eigenvalue weighted by Crippen LogP contribution is -2.31. The molecule has 0 radical (unpaired) electrons. The molecule has 0 aromatic heterocycles. The average molecular weight is 397 g/mol. The summed E-state index contributed by atoms with van der Waals surface area (Å²) >= 11 is 6.03. The van der Waals surface area contributed by atoms with Gasteiger partial charge in [0.2, 0.25) is 0 Å². The van der Waals surface area contributed by atoms with E-state index in [2.05, 4.69) is 10.6 Å². The van der Waals surface area contributed by atoms with Crippen molar-refractivity contribution < 1.29 is 19.0 Å². The number of rotatable bonds is 11. The fraction of sp³-hybridized carbons (Fsp3) is 0.400. The average Bonchev–Trinajstić information content (AvgIpc) is 2.64. The normalized spacial score (nSPS) is 12.0. The first-order valence-corrected chi connectivity index (χ1v) is 9.21. The van der Waals surface area contributed by atoms with Crippen LogP contribution in [-0.2, 0) is 13.2 Å². The van der Waals surface area contributed by atoms with Gasteiger partial charge < -0.3 is 25.2 Å². The largest absolute Gasteiger partial charge is 0.493 e. The number of aliphatic hydroxyl groups is 1. The summed E-state index contributed by atoms with van der Waals surface area (Å²) in [6.45, 7) is 4.57. The van der Waals surface area contributed by atoms with Crippen LogP contribution >= 0.6 is 11.6 Å². The number of hydrogen-bond acceptors (Lipinski definition) is 5. The van der Waals surface area contributed by atoms with Gasteiger partial charge in [-0.05, 0) is 36.8 Å². The number of hydrogen-bond donors (Lipinski definition) is 3. The lowest BCUT2D eigenvalue weighted by atomic mass is 10.2. The molecule has 1 atom stereocenters. The molecule has 0 amide bonds. The summed E-state index contributed by atoms with van der Waals surface area (Å²) in [6, 6.07) is 10.2. The molecule has 0 saturated carbocycles. The third kappa shape index (κ3) is 6.99. The fourth-order valence-electron chi connectivity index (χ4n) is 2.48. The molecule has 7 heteroatoms. The molecule has 5 nitrogen and oxygen atoms in total. The predicted octanol–water partition coefficient (Wildman–Crippen LogP) is 3.13. The molecule has 148 valence electrons. The molecule has 0 heterocycles. The highest BCUT2D eigenvalue weighted by Crippen LogP contribution is 2.30. The molecule has 0 spiro atoms. The van der Waals surface area contributed by atoms with Crippen LogP contribution in [0.25, 0.3) is 0 Å². The lowest BCUT2D eigenvalue weighted by molar-refractivity contribution is 0.191. The van der Waals surface area contributed by atoms with E-state index in [1.54, 1.807) is 32.2 Å². The zero-order valence-electron chi connectivity index (χ0n) is 15.6. The molecule has 2 aromatic rings. The van der Waals surface area contributed by atoms with E-state index in [9.17, 15) is 9.50 Å². The Kier molecular flexibility index (Phi) is 8.81. The second kappa shape index (κ2) is 11.1. The Labute approximate surface area is 164 Å². The third-order valence-electron chi connectivity index (χ3n) is 3.91. The van der Waals surface area contributed by atoms with Crippen LogP contribution in [0.2, 0.25) is 5.02 Å². The maximum absolute atomic E-state index is 13.8. The van der Waals surface area contributed by atoms with Gasteiger partial charge in [0.15, 0.2) is 11.5 Å². The van der Waals surface area contributed by atoms with E-state index in [0.717, 1.165) is 18.7 Å². The van der Waals surface area contributed by atoms with Crippen LogP contribution < -0.4 is 20.1 Å². The van der Waals surface area contributed by atoms with E-state index in [1.807, 2.05) is 12.1 Å². The van der Waals surface area contributed by atoms with E-state index in [0.29, 0.717) is 35.2 Å². The predicted molar refractivity (Wildman–Crippen MR) is 105 cm³/mol. The van der Waals surface area contributed by atoms with Gasteiger partial charge in [-0.1, -0.05) is 23.7 Å². The molecular formula is C20H26ClFN2O3. The second-order valence-corrected chi connectivity index (χ2v) is 6.61. The van der Waals surface area contributed by atoms with E-state index < -0.39 is 5.82 Å². The summed E-state index contributed by atoms with van der Waals surface area (Å²) in [5, 5.41) is 16.0. The first kappa shape index (κ1) is 21.4. The minimum Gasteiger partial charge on any atom is -0.493 e. The molecule has 1 unspecified atom stereocenters. The van der Waals surface area contributed by atoms with Gasteiger partial charge in [-0.15, -0.1) is 0 Å². The van der Waals surface area contributed by atoms with Gasteiger partial charge in [0.05, 0.1) is 18.2 Å². The summed E-state index contributed by atoms with van der Waals surface area (Å²) in [5.41, 5.74) is 1.36. The van der Waals surface area contributed by atoms with Crippen molar-refractivity contribution in [3.05, 3.63) is 58.4 Å². The van der Waals surface area contributed by atoms with Gasteiger partial charge in [0.1, 0.15) is 12.4 Å². The summed E-state index contributed by atoms with van der Waals surface area (Å²) in [6.07, 6.45) is -0.346. The van der Waals surface area contributed by atoms with Crippen LogP contribution in [0.15, 0.2) is 36.4 Å².